The van der Waals surface area contributed by atoms with Crippen LogP contribution >= 0.6 is 0 Å². The Morgan fingerprint density at radius 2 is 1.88 bits per heavy atom. The maximum absolute atomic E-state index is 5.37. The molecule has 1 heterocycles. The Hall–Kier alpha value is -1.95. The van der Waals surface area contributed by atoms with Crippen LogP contribution in [0.2, 0.25) is 0 Å². The van der Waals surface area contributed by atoms with E-state index >= 15 is 0 Å². The molecule has 1 aromatic carbocycles. The van der Waals surface area contributed by atoms with Gasteiger partial charge in [0.25, 0.3) is 0 Å². The minimum Gasteiger partial charge on any atom is -0.493 e. The number of aliphatic imine (C=N–C) groups is 1. The van der Waals surface area contributed by atoms with Gasteiger partial charge in [-0.2, -0.15) is 0 Å². The molecule has 0 radical (unpaired) electrons. The van der Waals surface area contributed by atoms with E-state index in [1.807, 2.05) is 18.2 Å². The van der Waals surface area contributed by atoms with Gasteiger partial charge in [0.1, 0.15) is 0 Å². The van der Waals surface area contributed by atoms with E-state index in [-0.39, 0.29) is 0 Å². The van der Waals surface area contributed by atoms with Crippen LogP contribution in [0, 0.1) is 0 Å². The van der Waals surface area contributed by atoms with Crippen LogP contribution in [0.1, 0.15) is 38.7 Å². The first-order valence-corrected chi connectivity index (χ1v) is 9.68. The average Bonchev–Trinajstić information content (AvgIpc) is 2.67. The second kappa shape index (κ2) is 10.9. The number of likely N-dealkylation sites (tertiary alicyclic amines) is 1. The smallest absolute Gasteiger partial charge is 0.191 e. The molecule has 26 heavy (non-hydrogen) atoms. The third kappa shape index (κ3) is 6.09. The molecule has 0 aromatic heterocycles. The fourth-order valence-corrected chi connectivity index (χ4v) is 3.28. The molecule has 0 amide bonds. The van der Waals surface area contributed by atoms with Gasteiger partial charge in [-0.3, -0.25) is 0 Å². The zero-order valence-corrected chi connectivity index (χ0v) is 16.7. The predicted octanol–water partition coefficient (Wildman–Crippen LogP) is 2.63. The number of hydrogen-bond donors (Lipinski definition) is 2. The molecule has 0 spiro atoms. The molecular weight excluding hydrogens is 328 g/mol. The summed E-state index contributed by atoms with van der Waals surface area (Å²) in [6, 6.07) is 6.42. The Labute approximate surface area is 158 Å². The number of methoxy groups -OCH3 is 2. The summed E-state index contributed by atoms with van der Waals surface area (Å²) in [7, 11) is 3.30. The first-order valence-electron chi connectivity index (χ1n) is 9.68. The van der Waals surface area contributed by atoms with Gasteiger partial charge >= 0.3 is 0 Å². The molecule has 1 fully saturated rings. The van der Waals surface area contributed by atoms with Crippen LogP contribution in [-0.2, 0) is 6.54 Å². The molecule has 0 aliphatic carbocycles. The molecular formula is C20H34N4O2. The number of piperidine rings is 1. The first kappa shape index (κ1) is 20.4. The topological polar surface area (TPSA) is 58.1 Å². The van der Waals surface area contributed by atoms with E-state index in [2.05, 4.69) is 29.4 Å². The summed E-state index contributed by atoms with van der Waals surface area (Å²) in [6.07, 6.45) is 3.56. The summed E-state index contributed by atoms with van der Waals surface area (Å²) in [5.41, 5.74) is 1.10. The normalized spacial score (nSPS) is 16.4. The monoisotopic (exact) mass is 362 g/mol. The van der Waals surface area contributed by atoms with Crippen molar-refractivity contribution in [2.75, 3.05) is 40.4 Å². The molecule has 1 aliphatic rings. The fourth-order valence-electron chi connectivity index (χ4n) is 3.28. The minimum absolute atomic E-state index is 0.492. The van der Waals surface area contributed by atoms with E-state index in [1.165, 1.54) is 38.9 Å². The molecule has 0 atom stereocenters. The van der Waals surface area contributed by atoms with Crippen LogP contribution in [0.15, 0.2) is 23.2 Å². The zero-order valence-electron chi connectivity index (χ0n) is 16.7. The summed E-state index contributed by atoms with van der Waals surface area (Å²) in [5, 5.41) is 6.95. The molecule has 146 valence electrons. The second-order valence-electron chi connectivity index (χ2n) is 6.64. The lowest BCUT2D eigenvalue weighted by Crippen LogP contribution is -2.48. The highest BCUT2D eigenvalue weighted by Gasteiger charge is 2.19. The van der Waals surface area contributed by atoms with Gasteiger partial charge < -0.3 is 25.0 Å². The molecule has 1 aliphatic heterocycles. The second-order valence-corrected chi connectivity index (χ2v) is 6.64. The van der Waals surface area contributed by atoms with Crippen LogP contribution in [0.4, 0.5) is 0 Å². The summed E-state index contributed by atoms with van der Waals surface area (Å²) < 4.78 is 10.7. The van der Waals surface area contributed by atoms with Gasteiger partial charge in [-0.1, -0.05) is 13.0 Å². The quantitative estimate of drug-likeness (QED) is 0.550. The van der Waals surface area contributed by atoms with Crippen molar-refractivity contribution < 1.29 is 9.47 Å². The van der Waals surface area contributed by atoms with E-state index in [0.29, 0.717) is 12.6 Å². The van der Waals surface area contributed by atoms with Crippen molar-refractivity contribution in [3.8, 4) is 11.5 Å². The Bertz CT molecular complexity index is 569. The Kier molecular flexibility index (Phi) is 8.54. The molecule has 1 saturated heterocycles. The van der Waals surface area contributed by atoms with Gasteiger partial charge in [0.05, 0.1) is 20.8 Å². The third-order valence-electron chi connectivity index (χ3n) is 4.68. The zero-order chi connectivity index (χ0) is 18.8. The summed E-state index contributed by atoms with van der Waals surface area (Å²) in [6.45, 7) is 9.34. The van der Waals surface area contributed by atoms with Crippen LogP contribution in [-0.4, -0.2) is 57.3 Å². The van der Waals surface area contributed by atoms with Crippen molar-refractivity contribution >= 4 is 5.96 Å². The van der Waals surface area contributed by atoms with Crippen LogP contribution < -0.4 is 20.1 Å². The van der Waals surface area contributed by atoms with Gasteiger partial charge in [-0.15, -0.1) is 0 Å². The highest BCUT2D eigenvalue weighted by molar-refractivity contribution is 5.80. The Morgan fingerprint density at radius 3 is 2.50 bits per heavy atom. The van der Waals surface area contributed by atoms with E-state index < -0.39 is 0 Å². The number of rotatable bonds is 8. The van der Waals surface area contributed by atoms with Crippen LogP contribution in [0.25, 0.3) is 0 Å². The van der Waals surface area contributed by atoms with Gasteiger partial charge in [-0.05, 0) is 50.4 Å². The van der Waals surface area contributed by atoms with Gasteiger partial charge in [0, 0.05) is 25.7 Å². The summed E-state index contributed by atoms with van der Waals surface area (Å²) in [4.78, 5) is 7.30. The molecule has 0 saturated carbocycles. The number of nitrogens with one attached hydrogen (secondary N) is 2. The average molecular weight is 363 g/mol. The lowest BCUT2D eigenvalue weighted by atomic mass is 10.1. The molecule has 1 aromatic rings. The Morgan fingerprint density at radius 1 is 1.15 bits per heavy atom. The molecule has 6 heteroatoms. The van der Waals surface area contributed by atoms with Crippen molar-refractivity contribution in [1.82, 2.24) is 15.5 Å². The fraction of sp³-hybridized carbons (Fsp3) is 0.650. The van der Waals surface area contributed by atoms with Crippen molar-refractivity contribution in [2.24, 2.45) is 4.99 Å². The highest BCUT2D eigenvalue weighted by Crippen LogP contribution is 2.27. The van der Waals surface area contributed by atoms with E-state index in [0.717, 1.165) is 29.6 Å². The third-order valence-corrected chi connectivity index (χ3v) is 4.68. The van der Waals surface area contributed by atoms with Crippen molar-refractivity contribution in [1.29, 1.82) is 0 Å². The maximum Gasteiger partial charge on any atom is 0.191 e. The van der Waals surface area contributed by atoms with Crippen LogP contribution in [0.3, 0.4) is 0 Å². The number of benzene rings is 1. The Balaban J connectivity index is 1.94. The first-order chi connectivity index (χ1) is 12.7. The standard InChI is InChI=1S/C20H34N4O2/c1-5-11-24-12-9-17(10-13-24)23-20(21-6-2)22-15-16-7-8-18(25-3)19(14-16)26-4/h7-8,14,17H,5-6,9-13,15H2,1-4H3,(H2,21,22,23). The van der Waals surface area contributed by atoms with Crippen molar-refractivity contribution in [3.63, 3.8) is 0 Å². The molecule has 0 bridgehead atoms. The molecule has 0 unspecified atom stereocenters. The van der Waals surface area contributed by atoms with Gasteiger partial charge in [0.15, 0.2) is 17.5 Å². The molecule has 2 N–H and O–H groups in total. The number of hydrogen-bond acceptors (Lipinski definition) is 4. The van der Waals surface area contributed by atoms with E-state index in [1.54, 1.807) is 14.2 Å². The predicted molar refractivity (Wildman–Crippen MR) is 107 cm³/mol. The molecule has 6 nitrogen and oxygen atoms in total. The number of guanidine groups is 1. The highest BCUT2D eigenvalue weighted by atomic mass is 16.5. The van der Waals surface area contributed by atoms with Crippen molar-refractivity contribution in [2.45, 2.75) is 45.7 Å². The largest absolute Gasteiger partial charge is 0.493 e. The maximum atomic E-state index is 5.37. The van der Waals surface area contributed by atoms with Gasteiger partial charge in [-0.25, -0.2) is 4.99 Å². The number of nitrogens with zero attached hydrogens (tertiary/aromatic N) is 2. The lowest BCUT2D eigenvalue weighted by Gasteiger charge is -2.32. The van der Waals surface area contributed by atoms with E-state index in [9.17, 15) is 0 Å². The number of ether oxygens (including phenoxy) is 2. The van der Waals surface area contributed by atoms with Crippen molar-refractivity contribution in [3.05, 3.63) is 23.8 Å². The minimum atomic E-state index is 0.492. The summed E-state index contributed by atoms with van der Waals surface area (Å²) >= 11 is 0. The SMILES string of the molecule is CCCN1CCC(NC(=NCc2ccc(OC)c(OC)c2)NCC)CC1. The van der Waals surface area contributed by atoms with Gasteiger partial charge in [0.2, 0.25) is 0 Å². The van der Waals surface area contributed by atoms with E-state index in [4.69, 9.17) is 14.5 Å². The summed E-state index contributed by atoms with van der Waals surface area (Å²) in [5.74, 6) is 2.36. The van der Waals surface area contributed by atoms with Crippen LogP contribution in [0.5, 0.6) is 11.5 Å². The molecule has 2 rings (SSSR count). The lowest BCUT2D eigenvalue weighted by molar-refractivity contribution is 0.206.